The van der Waals surface area contributed by atoms with Crippen LogP contribution < -0.4 is 4.74 Å². The van der Waals surface area contributed by atoms with Gasteiger partial charge < -0.3 is 14.6 Å². The molecular formula is C27H32O5. The van der Waals surface area contributed by atoms with E-state index in [1.54, 1.807) is 0 Å². The number of benzene rings is 2. The molecule has 5 heteroatoms. The van der Waals surface area contributed by atoms with E-state index < -0.39 is 5.97 Å². The molecule has 1 fully saturated rings. The molecule has 1 aliphatic rings. The highest BCUT2D eigenvalue weighted by Crippen LogP contribution is 2.49. The molecule has 1 saturated carbocycles. The standard InChI is InChI=1S/C27H32O5/c1-3-4-5-6-14-25(28)24-16-23(24)19-11-9-12-21(15-19)32-18-20-10-7-8-13-22(20)26(31-2)17-27(29)30/h7-13,15,17,23-24H,3-6,14,16,18H2,1-2H3,(H,29,30)/b26-17-. The summed E-state index contributed by atoms with van der Waals surface area (Å²) in [5.74, 6) is 0.789. The van der Waals surface area contributed by atoms with E-state index >= 15 is 0 Å². The van der Waals surface area contributed by atoms with Crippen molar-refractivity contribution in [1.29, 1.82) is 0 Å². The molecule has 0 spiro atoms. The van der Waals surface area contributed by atoms with E-state index in [2.05, 4.69) is 13.0 Å². The maximum absolute atomic E-state index is 12.5. The van der Waals surface area contributed by atoms with E-state index in [1.165, 1.54) is 20.0 Å². The molecule has 5 nitrogen and oxygen atoms in total. The first-order valence-electron chi connectivity index (χ1n) is 11.4. The molecule has 2 atom stereocenters. The Bertz CT molecular complexity index is 962. The van der Waals surface area contributed by atoms with Gasteiger partial charge in [-0.1, -0.05) is 62.6 Å². The highest BCUT2D eigenvalue weighted by molar-refractivity contribution is 5.88. The van der Waals surface area contributed by atoms with Crippen LogP contribution in [0.4, 0.5) is 0 Å². The van der Waals surface area contributed by atoms with Crippen molar-refractivity contribution in [2.75, 3.05) is 7.11 Å². The van der Waals surface area contributed by atoms with Gasteiger partial charge in [-0.3, -0.25) is 4.79 Å². The molecular weight excluding hydrogens is 404 g/mol. The molecule has 1 N–H and O–H groups in total. The van der Waals surface area contributed by atoms with Crippen molar-refractivity contribution in [1.82, 2.24) is 0 Å². The normalized spacial score (nSPS) is 17.6. The van der Waals surface area contributed by atoms with Gasteiger partial charge in [-0.05, 0) is 36.5 Å². The van der Waals surface area contributed by atoms with Gasteiger partial charge in [0.05, 0.1) is 13.2 Å². The van der Waals surface area contributed by atoms with Gasteiger partial charge in [-0.15, -0.1) is 0 Å². The second kappa shape index (κ2) is 11.5. The van der Waals surface area contributed by atoms with Crippen LogP contribution in [0.5, 0.6) is 5.75 Å². The van der Waals surface area contributed by atoms with Gasteiger partial charge in [0.15, 0.2) is 0 Å². The lowest BCUT2D eigenvalue weighted by atomic mass is 10.0. The average Bonchev–Trinajstić information content (AvgIpc) is 3.60. The summed E-state index contributed by atoms with van der Waals surface area (Å²) in [6.45, 7) is 2.46. The fraction of sp³-hybridized carbons (Fsp3) is 0.407. The molecule has 1 aliphatic carbocycles. The van der Waals surface area contributed by atoms with Crippen LogP contribution in [-0.2, 0) is 20.9 Å². The van der Waals surface area contributed by atoms with E-state index in [9.17, 15) is 9.59 Å². The number of unbranched alkanes of at least 4 members (excludes halogenated alkanes) is 3. The number of carbonyl (C=O) groups excluding carboxylic acids is 1. The first-order chi connectivity index (χ1) is 15.5. The lowest BCUT2D eigenvalue weighted by Crippen LogP contribution is -2.03. The summed E-state index contributed by atoms with van der Waals surface area (Å²) in [6, 6.07) is 15.4. The minimum atomic E-state index is -1.07. The Balaban J connectivity index is 1.61. The van der Waals surface area contributed by atoms with Crippen molar-refractivity contribution in [3.05, 3.63) is 71.3 Å². The Labute approximate surface area is 190 Å². The summed E-state index contributed by atoms with van der Waals surface area (Å²) in [4.78, 5) is 23.6. The Kier molecular flexibility index (Phi) is 8.48. The van der Waals surface area contributed by atoms with Crippen LogP contribution in [0.2, 0.25) is 0 Å². The fourth-order valence-corrected chi connectivity index (χ4v) is 4.07. The SMILES string of the molecule is CCCCCCC(=O)C1CC1c1cccc(OCc2ccccc2/C(=C/C(=O)O)OC)c1. The van der Waals surface area contributed by atoms with E-state index in [-0.39, 0.29) is 18.3 Å². The minimum absolute atomic E-state index is 0.151. The van der Waals surface area contributed by atoms with Crippen LogP contribution in [-0.4, -0.2) is 24.0 Å². The number of carboxylic acids is 1. The summed E-state index contributed by atoms with van der Waals surface area (Å²) in [5, 5.41) is 9.08. The van der Waals surface area contributed by atoms with Crippen LogP contribution in [0.3, 0.4) is 0 Å². The fourth-order valence-electron chi connectivity index (χ4n) is 4.07. The number of aliphatic carboxylic acids is 1. The topological polar surface area (TPSA) is 72.8 Å². The number of ether oxygens (including phenoxy) is 2. The number of hydrogen-bond acceptors (Lipinski definition) is 4. The van der Waals surface area contributed by atoms with Crippen molar-refractivity contribution in [3.63, 3.8) is 0 Å². The average molecular weight is 437 g/mol. The van der Waals surface area contributed by atoms with E-state index in [4.69, 9.17) is 14.6 Å². The third-order valence-electron chi connectivity index (χ3n) is 5.92. The Morgan fingerprint density at radius 3 is 2.66 bits per heavy atom. The number of methoxy groups -OCH3 is 1. The first kappa shape index (κ1) is 23.6. The highest BCUT2D eigenvalue weighted by Gasteiger charge is 2.43. The Morgan fingerprint density at radius 1 is 1.09 bits per heavy atom. The summed E-state index contributed by atoms with van der Waals surface area (Å²) >= 11 is 0. The molecule has 0 amide bonds. The number of rotatable bonds is 13. The molecule has 32 heavy (non-hydrogen) atoms. The highest BCUT2D eigenvalue weighted by atomic mass is 16.5. The predicted molar refractivity (Wildman–Crippen MR) is 124 cm³/mol. The zero-order chi connectivity index (χ0) is 22.9. The van der Waals surface area contributed by atoms with Crippen LogP contribution in [0.15, 0.2) is 54.6 Å². The number of carbonyl (C=O) groups is 2. The monoisotopic (exact) mass is 436 g/mol. The lowest BCUT2D eigenvalue weighted by Gasteiger charge is -2.13. The van der Waals surface area contributed by atoms with Gasteiger partial charge in [0.1, 0.15) is 23.9 Å². The lowest BCUT2D eigenvalue weighted by molar-refractivity contribution is -0.131. The van der Waals surface area contributed by atoms with Gasteiger partial charge in [-0.25, -0.2) is 4.79 Å². The van der Waals surface area contributed by atoms with Crippen LogP contribution in [0.25, 0.3) is 5.76 Å². The number of hydrogen-bond donors (Lipinski definition) is 1. The van der Waals surface area contributed by atoms with Gasteiger partial charge in [-0.2, -0.15) is 0 Å². The number of ketones is 1. The van der Waals surface area contributed by atoms with Crippen LogP contribution in [0.1, 0.15) is 68.1 Å². The van der Waals surface area contributed by atoms with Crippen molar-refractivity contribution in [3.8, 4) is 5.75 Å². The molecule has 0 saturated heterocycles. The third kappa shape index (κ3) is 6.46. The second-order valence-electron chi connectivity index (χ2n) is 8.29. The quantitative estimate of drug-likeness (QED) is 0.237. The molecule has 2 aromatic carbocycles. The molecule has 0 radical (unpaired) electrons. The molecule has 2 aromatic rings. The largest absolute Gasteiger partial charge is 0.496 e. The summed E-state index contributed by atoms with van der Waals surface area (Å²) in [5.41, 5.74) is 2.66. The smallest absolute Gasteiger partial charge is 0.332 e. The molecule has 170 valence electrons. The maximum Gasteiger partial charge on any atom is 0.332 e. The van der Waals surface area contributed by atoms with Gasteiger partial charge in [0.2, 0.25) is 0 Å². The van der Waals surface area contributed by atoms with E-state index in [0.717, 1.165) is 42.2 Å². The maximum atomic E-state index is 12.5. The van der Waals surface area contributed by atoms with Gasteiger partial charge in [0.25, 0.3) is 0 Å². The molecule has 0 bridgehead atoms. The molecule has 0 heterocycles. The Morgan fingerprint density at radius 2 is 1.91 bits per heavy atom. The number of carboxylic acid groups (broad SMARTS) is 1. The summed E-state index contributed by atoms with van der Waals surface area (Å²) < 4.78 is 11.3. The first-order valence-corrected chi connectivity index (χ1v) is 11.4. The zero-order valence-electron chi connectivity index (χ0n) is 18.9. The van der Waals surface area contributed by atoms with E-state index in [1.807, 2.05) is 42.5 Å². The second-order valence-corrected chi connectivity index (χ2v) is 8.29. The predicted octanol–water partition coefficient (Wildman–Crippen LogP) is 5.98. The van der Waals surface area contributed by atoms with Gasteiger partial charge in [0, 0.05) is 23.5 Å². The minimum Gasteiger partial charge on any atom is -0.496 e. The molecule has 0 aliphatic heterocycles. The zero-order valence-corrected chi connectivity index (χ0v) is 18.9. The summed E-state index contributed by atoms with van der Waals surface area (Å²) in [7, 11) is 1.45. The van der Waals surface area contributed by atoms with Crippen LogP contribution >= 0.6 is 0 Å². The van der Waals surface area contributed by atoms with Crippen molar-refractivity contribution < 1.29 is 24.2 Å². The molecule has 3 rings (SSSR count). The van der Waals surface area contributed by atoms with Crippen molar-refractivity contribution >= 4 is 17.5 Å². The number of Topliss-reactive ketones (excluding diaryl/α,β-unsaturated/α-hetero) is 1. The van der Waals surface area contributed by atoms with Crippen molar-refractivity contribution in [2.24, 2.45) is 5.92 Å². The van der Waals surface area contributed by atoms with Crippen molar-refractivity contribution in [2.45, 2.75) is 58.0 Å². The van der Waals surface area contributed by atoms with E-state index in [0.29, 0.717) is 23.7 Å². The summed E-state index contributed by atoms with van der Waals surface area (Å²) in [6.07, 6.45) is 7.18. The Hall–Kier alpha value is -3.08. The molecule has 0 aromatic heterocycles. The van der Waals surface area contributed by atoms with Crippen LogP contribution in [0, 0.1) is 5.92 Å². The molecule has 2 unspecified atom stereocenters. The van der Waals surface area contributed by atoms with Gasteiger partial charge >= 0.3 is 5.97 Å². The third-order valence-corrected chi connectivity index (χ3v) is 5.92.